The second-order valence-corrected chi connectivity index (χ2v) is 4.59. The zero-order chi connectivity index (χ0) is 15.0. The van der Waals surface area contributed by atoms with Crippen molar-refractivity contribution < 1.29 is 14.3 Å². The molecule has 0 aliphatic carbocycles. The van der Waals surface area contributed by atoms with Crippen LogP contribution in [0.4, 0.5) is 5.69 Å². The lowest BCUT2D eigenvalue weighted by atomic mass is 10.2. The molecule has 0 fully saturated rings. The minimum atomic E-state index is -0.331. The Hall–Kier alpha value is -2.04. The van der Waals surface area contributed by atoms with Crippen LogP contribution in [0.3, 0.4) is 0 Å². The van der Waals surface area contributed by atoms with Gasteiger partial charge in [-0.05, 0) is 18.6 Å². The molecule has 2 amide bonds. The van der Waals surface area contributed by atoms with Gasteiger partial charge in [-0.3, -0.25) is 9.59 Å². The maximum absolute atomic E-state index is 11.9. The first-order chi connectivity index (χ1) is 9.58. The first kappa shape index (κ1) is 16.0. The van der Waals surface area contributed by atoms with Crippen molar-refractivity contribution in [2.45, 2.75) is 26.2 Å². The van der Waals surface area contributed by atoms with E-state index in [-0.39, 0.29) is 18.2 Å². The Morgan fingerprint density at radius 2 is 2.00 bits per heavy atom. The maximum atomic E-state index is 11.9. The molecule has 0 saturated carbocycles. The van der Waals surface area contributed by atoms with E-state index in [1.54, 1.807) is 30.1 Å². The van der Waals surface area contributed by atoms with Crippen LogP contribution in [0.25, 0.3) is 0 Å². The Labute approximate surface area is 119 Å². The van der Waals surface area contributed by atoms with Gasteiger partial charge in [0.05, 0.1) is 12.8 Å². The van der Waals surface area contributed by atoms with Gasteiger partial charge in [0, 0.05) is 13.6 Å². The number of carbonyl (C=O) groups is 2. The molecule has 0 heterocycles. The summed E-state index contributed by atoms with van der Waals surface area (Å²) in [6.45, 7) is 2.74. The van der Waals surface area contributed by atoms with Gasteiger partial charge in [0.25, 0.3) is 0 Å². The molecule has 0 unspecified atom stereocenters. The lowest BCUT2D eigenvalue weighted by molar-refractivity contribution is -0.133. The second-order valence-electron chi connectivity index (χ2n) is 4.59. The smallest absolute Gasteiger partial charge is 0.233 e. The first-order valence-electron chi connectivity index (χ1n) is 6.75. The summed E-state index contributed by atoms with van der Waals surface area (Å²) in [5, 5.41) is 2.69. The van der Waals surface area contributed by atoms with Crippen LogP contribution in [0.5, 0.6) is 5.75 Å². The van der Waals surface area contributed by atoms with Crippen molar-refractivity contribution in [3.05, 3.63) is 24.3 Å². The van der Waals surface area contributed by atoms with Crippen LogP contribution in [0, 0.1) is 0 Å². The minimum absolute atomic E-state index is 0.155. The molecule has 0 saturated heterocycles. The number of unbranched alkanes of at least 4 members (excludes halogenated alkanes) is 1. The van der Waals surface area contributed by atoms with Crippen molar-refractivity contribution in [1.82, 2.24) is 4.90 Å². The number of carbonyl (C=O) groups excluding carboxylic acids is 2. The zero-order valence-electron chi connectivity index (χ0n) is 12.3. The van der Waals surface area contributed by atoms with Crippen LogP contribution in [0.2, 0.25) is 0 Å². The maximum Gasteiger partial charge on any atom is 0.233 e. The lowest BCUT2D eigenvalue weighted by Crippen LogP contribution is -2.31. The predicted octanol–water partition coefficient (Wildman–Crippen LogP) is 2.28. The molecule has 1 rings (SSSR count). The quantitative estimate of drug-likeness (QED) is 0.778. The molecular weight excluding hydrogens is 256 g/mol. The molecule has 5 nitrogen and oxygen atoms in total. The third-order valence-electron chi connectivity index (χ3n) is 2.97. The summed E-state index contributed by atoms with van der Waals surface area (Å²) in [5.74, 6) is 0.0707. The molecule has 20 heavy (non-hydrogen) atoms. The SMILES string of the molecule is CCCCN(C)C(=O)CC(=O)Nc1ccccc1OC. The highest BCUT2D eigenvalue weighted by atomic mass is 16.5. The summed E-state index contributed by atoms with van der Waals surface area (Å²) >= 11 is 0. The van der Waals surface area contributed by atoms with E-state index in [2.05, 4.69) is 12.2 Å². The monoisotopic (exact) mass is 278 g/mol. The van der Waals surface area contributed by atoms with Gasteiger partial charge < -0.3 is 15.0 Å². The third kappa shape index (κ3) is 4.91. The number of nitrogens with zero attached hydrogens (tertiary/aromatic N) is 1. The van der Waals surface area contributed by atoms with Gasteiger partial charge >= 0.3 is 0 Å². The van der Waals surface area contributed by atoms with Gasteiger partial charge in [-0.15, -0.1) is 0 Å². The van der Waals surface area contributed by atoms with Crippen LogP contribution >= 0.6 is 0 Å². The molecule has 0 aromatic heterocycles. The summed E-state index contributed by atoms with van der Waals surface area (Å²) < 4.78 is 5.14. The number of ether oxygens (including phenoxy) is 1. The molecule has 0 bridgehead atoms. The van der Waals surface area contributed by atoms with Crippen molar-refractivity contribution in [2.75, 3.05) is 26.0 Å². The fourth-order valence-corrected chi connectivity index (χ4v) is 1.73. The van der Waals surface area contributed by atoms with Crippen molar-refractivity contribution in [3.63, 3.8) is 0 Å². The number of para-hydroxylation sites is 2. The lowest BCUT2D eigenvalue weighted by Gasteiger charge is -2.16. The van der Waals surface area contributed by atoms with E-state index >= 15 is 0 Å². The van der Waals surface area contributed by atoms with Crippen LogP contribution in [-0.2, 0) is 9.59 Å². The predicted molar refractivity (Wildman–Crippen MR) is 78.8 cm³/mol. The molecule has 0 aliphatic heterocycles. The number of hydrogen-bond acceptors (Lipinski definition) is 3. The number of rotatable bonds is 7. The van der Waals surface area contributed by atoms with Crippen LogP contribution < -0.4 is 10.1 Å². The van der Waals surface area contributed by atoms with E-state index in [0.29, 0.717) is 18.0 Å². The Kier molecular flexibility index (Phi) is 6.56. The van der Waals surface area contributed by atoms with Crippen LogP contribution in [0.1, 0.15) is 26.2 Å². The molecule has 0 spiro atoms. The van der Waals surface area contributed by atoms with Gasteiger partial charge in [-0.2, -0.15) is 0 Å². The van der Waals surface area contributed by atoms with Crippen molar-refractivity contribution >= 4 is 17.5 Å². The van der Waals surface area contributed by atoms with Gasteiger partial charge in [-0.1, -0.05) is 25.5 Å². The summed E-state index contributed by atoms with van der Waals surface area (Å²) in [7, 11) is 3.25. The molecule has 1 N–H and O–H groups in total. The van der Waals surface area contributed by atoms with Crippen molar-refractivity contribution in [1.29, 1.82) is 0 Å². The molecule has 5 heteroatoms. The molecule has 1 aromatic carbocycles. The summed E-state index contributed by atoms with van der Waals surface area (Å²) in [6, 6.07) is 7.11. The average molecular weight is 278 g/mol. The Morgan fingerprint density at radius 3 is 2.65 bits per heavy atom. The molecule has 110 valence electrons. The number of methoxy groups -OCH3 is 1. The Morgan fingerprint density at radius 1 is 1.30 bits per heavy atom. The highest BCUT2D eigenvalue weighted by molar-refractivity contribution is 6.04. The third-order valence-corrected chi connectivity index (χ3v) is 2.97. The van der Waals surface area contributed by atoms with Crippen LogP contribution in [-0.4, -0.2) is 37.4 Å². The number of benzene rings is 1. The number of nitrogens with one attached hydrogen (secondary N) is 1. The van der Waals surface area contributed by atoms with Gasteiger partial charge in [0.2, 0.25) is 11.8 Å². The molecular formula is C15H22N2O3. The van der Waals surface area contributed by atoms with E-state index in [0.717, 1.165) is 12.8 Å². The largest absolute Gasteiger partial charge is 0.495 e. The van der Waals surface area contributed by atoms with Crippen molar-refractivity contribution in [2.24, 2.45) is 0 Å². The average Bonchev–Trinajstić information content (AvgIpc) is 2.45. The Balaban J connectivity index is 2.53. The summed E-state index contributed by atoms with van der Waals surface area (Å²) in [5.41, 5.74) is 0.573. The normalized spacial score (nSPS) is 9.95. The van der Waals surface area contributed by atoms with E-state index in [4.69, 9.17) is 4.74 Å². The number of amides is 2. The molecule has 1 aromatic rings. The first-order valence-corrected chi connectivity index (χ1v) is 6.75. The topological polar surface area (TPSA) is 58.6 Å². The summed E-state index contributed by atoms with van der Waals surface area (Å²) in [4.78, 5) is 25.3. The van der Waals surface area contributed by atoms with Gasteiger partial charge in [-0.25, -0.2) is 0 Å². The fourth-order valence-electron chi connectivity index (χ4n) is 1.73. The van der Waals surface area contributed by atoms with Gasteiger partial charge in [0.1, 0.15) is 12.2 Å². The van der Waals surface area contributed by atoms with E-state index < -0.39 is 0 Å². The van der Waals surface area contributed by atoms with E-state index in [9.17, 15) is 9.59 Å². The number of hydrogen-bond donors (Lipinski definition) is 1. The molecule has 0 radical (unpaired) electrons. The highest BCUT2D eigenvalue weighted by Crippen LogP contribution is 2.23. The van der Waals surface area contributed by atoms with Gasteiger partial charge in [0.15, 0.2) is 0 Å². The Bertz CT molecular complexity index is 460. The highest BCUT2D eigenvalue weighted by Gasteiger charge is 2.14. The molecule has 0 aliphatic rings. The number of anilines is 1. The van der Waals surface area contributed by atoms with Crippen molar-refractivity contribution in [3.8, 4) is 5.75 Å². The fraction of sp³-hybridized carbons (Fsp3) is 0.467. The minimum Gasteiger partial charge on any atom is -0.495 e. The van der Waals surface area contributed by atoms with Crippen LogP contribution in [0.15, 0.2) is 24.3 Å². The van der Waals surface area contributed by atoms with E-state index in [1.807, 2.05) is 6.07 Å². The standard InChI is InChI=1S/C15H22N2O3/c1-4-5-10-17(2)15(19)11-14(18)16-12-8-6-7-9-13(12)20-3/h6-9H,4-5,10-11H2,1-3H3,(H,16,18). The summed E-state index contributed by atoms with van der Waals surface area (Å²) in [6.07, 6.45) is 1.81. The molecule has 0 atom stereocenters. The van der Waals surface area contributed by atoms with E-state index in [1.165, 1.54) is 7.11 Å². The zero-order valence-corrected chi connectivity index (χ0v) is 12.3. The second kappa shape index (κ2) is 8.19.